The Morgan fingerprint density at radius 1 is 0.974 bits per heavy atom. The minimum Gasteiger partial charge on any atom is -0.387 e. The number of aromatic nitrogens is 2. The number of pyridine rings is 1. The average molecular weight is 523 g/mol. The second kappa shape index (κ2) is 12.0. The maximum absolute atomic E-state index is 12.7. The lowest BCUT2D eigenvalue weighted by molar-refractivity contribution is -0.121. The molecule has 2 aromatic carbocycles. The number of carbonyl (C=O) groups is 1. The van der Waals surface area contributed by atoms with Crippen molar-refractivity contribution in [2.75, 3.05) is 6.54 Å². The summed E-state index contributed by atoms with van der Waals surface area (Å²) in [5.74, 6) is 0.926. The van der Waals surface area contributed by atoms with Gasteiger partial charge in [-0.2, -0.15) is 0 Å². The van der Waals surface area contributed by atoms with Crippen LogP contribution in [0.2, 0.25) is 0 Å². The van der Waals surface area contributed by atoms with Crippen molar-refractivity contribution in [2.45, 2.75) is 64.6 Å². The van der Waals surface area contributed by atoms with Crippen molar-refractivity contribution in [1.29, 1.82) is 0 Å². The average Bonchev–Trinajstić information content (AvgIpc) is 3.48. The second-order valence-corrected chi connectivity index (χ2v) is 10.9. The Bertz CT molecular complexity index is 1380. The number of rotatable bonds is 10. The van der Waals surface area contributed by atoms with Gasteiger partial charge in [-0.05, 0) is 80.5 Å². The lowest BCUT2D eigenvalue weighted by Gasteiger charge is -2.18. The van der Waals surface area contributed by atoms with Gasteiger partial charge in [-0.1, -0.05) is 54.6 Å². The van der Waals surface area contributed by atoms with Gasteiger partial charge in [-0.15, -0.1) is 0 Å². The zero-order chi connectivity index (χ0) is 27.4. The molecule has 0 fully saturated rings. The summed E-state index contributed by atoms with van der Waals surface area (Å²) in [6, 6.07) is 25.1. The molecular formula is C33H38N4O2. The summed E-state index contributed by atoms with van der Waals surface area (Å²) >= 11 is 0. The summed E-state index contributed by atoms with van der Waals surface area (Å²) in [4.78, 5) is 17.3. The molecule has 0 spiro atoms. The Labute approximate surface area is 231 Å². The Hall–Kier alpha value is -3.74. The predicted molar refractivity (Wildman–Crippen MR) is 155 cm³/mol. The molecule has 1 amide bonds. The van der Waals surface area contributed by atoms with Crippen LogP contribution in [-0.2, 0) is 30.5 Å². The van der Waals surface area contributed by atoms with Crippen LogP contribution in [0.4, 0.5) is 0 Å². The van der Waals surface area contributed by atoms with Crippen molar-refractivity contribution in [1.82, 2.24) is 20.2 Å². The largest absolute Gasteiger partial charge is 0.387 e. The van der Waals surface area contributed by atoms with Gasteiger partial charge in [-0.25, -0.2) is 4.98 Å². The minimum absolute atomic E-state index is 0.0703. The van der Waals surface area contributed by atoms with Gasteiger partial charge in [0.25, 0.3) is 0 Å². The standard InChI is InChI=1S/C33H38N4O2/c1-22(34-21-31(38)29-13-14-32(35-20-29)37-23(2)11-12-24(37)3)15-25-7-6-8-26(16-25)17-33(39)36-30-18-27-9-4-5-10-28(27)19-30/h4-14,16,20,22,30-31,34,38H,15,17-19,21H2,1-3H3,(H,36,39)/t22-,31-/m1/s1. The number of aliphatic hydroxyl groups is 1. The van der Waals surface area contributed by atoms with E-state index in [1.54, 1.807) is 6.20 Å². The maximum atomic E-state index is 12.7. The van der Waals surface area contributed by atoms with Gasteiger partial charge in [0.05, 0.1) is 12.5 Å². The predicted octanol–water partition coefficient (Wildman–Crippen LogP) is 4.57. The first-order valence-electron chi connectivity index (χ1n) is 13.8. The molecule has 2 heterocycles. The Kier molecular flexibility index (Phi) is 8.24. The van der Waals surface area contributed by atoms with Crippen molar-refractivity contribution in [3.8, 4) is 5.82 Å². The highest BCUT2D eigenvalue weighted by Crippen LogP contribution is 2.22. The highest BCUT2D eigenvalue weighted by atomic mass is 16.3. The maximum Gasteiger partial charge on any atom is 0.224 e. The molecule has 1 aliphatic rings. The fourth-order valence-electron chi connectivity index (χ4n) is 5.60. The van der Waals surface area contributed by atoms with Crippen molar-refractivity contribution >= 4 is 5.91 Å². The van der Waals surface area contributed by atoms with E-state index in [-0.39, 0.29) is 18.0 Å². The zero-order valence-electron chi connectivity index (χ0n) is 23.0. The van der Waals surface area contributed by atoms with E-state index in [0.29, 0.717) is 13.0 Å². The van der Waals surface area contributed by atoms with E-state index >= 15 is 0 Å². The molecule has 39 heavy (non-hydrogen) atoms. The first kappa shape index (κ1) is 26.9. The quantitative estimate of drug-likeness (QED) is 0.285. The highest BCUT2D eigenvalue weighted by molar-refractivity contribution is 5.79. The summed E-state index contributed by atoms with van der Waals surface area (Å²) in [7, 11) is 0. The molecular weight excluding hydrogens is 484 g/mol. The number of benzene rings is 2. The van der Waals surface area contributed by atoms with E-state index in [2.05, 4.69) is 89.5 Å². The van der Waals surface area contributed by atoms with E-state index in [1.807, 2.05) is 24.3 Å². The van der Waals surface area contributed by atoms with E-state index in [0.717, 1.165) is 47.6 Å². The number of hydrogen-bond acceptors (Lipinski definition) is 4. The van der Waals surface area contributed by atoms with Gasteiger partial charge in [0.1, 0.15) is 5.82 Å². The topological polar surface area (TPSA) is 79.2 Å². The van der Waals surface area contributed by atoms with Gasteiger partial charge in [-0.3, -0.25) is 4.79 Å². The van der Waals surface area contributed by atoms with E-state index in [1.165, 1.54) is 16.7 Å². The van der Waals surface area contributed by atoms with Crippen LogP contribution in [0.3, 0.4) is 0 Å². The molecule has 0 radical (unpaired) electrons. The fraction of sp³-hybridized carbons (Fsp3) is 0.333. The molecule has 6 nitrogen and oxygen atoms in total. The lowest BCUT2D eigenvalue weighted by atomic mass is 10.0. The highest BCUT2D eigenvalue weighted by Gasteiger charge is 2.22. The van der Waals surface area contributed by atoms with Gasteiger partial charge >= 0.3 is 0 Å². The summed E-state index contributed by atoms with van der Waals surface area (Å²) in [6.45, 7) is 6.67. The number of aliphatic hydroxyl groups excluding tert-OH is 1. The van der Waals surface area contributed by atoms with Crippen LogP contribution >= 0.6 is 0 Å². The summed E-state index contributed by atoms with van der Waals surface area (Å²) < 4.78 is 2.10. The number of hydrogen-bond donors (Lipinski definition) is 3. The number of nitrogens with zero attached hydrogens (tertiary/aromatic N) is 2. The molecule has 2 atom stereocenters. The molecule has 0 saturated carbocycles. The third kappa shape index (κ3) is 6.64. The number of fused-ring (bicyclic) bond motifs is 1. The van der Waals surface area contributed by atoms with Crippen LogP contribution in [-0.4, -0.2) is 39.2 Å². The van der Waals surface area contributed by atoms with Crippen LogP contribution in [0.5, 0.6) is 0 Å². The fourth-order valence-corrected chi connectivity index (χ4v) is 5.60. The molecule has 1 aliphatic carbocycles. The molecule has 0 aliphatic heterocycles. The van der Waals surface area contributed by atoms with E-state index in [4.69, 9.17) is 0 Å². The Balaban J connectivity index is 1.09. The number of carbonyl (C=O) groups excluding carboxylic acids is 1. The van der Waals surface area contributed by atoms with Crippen LogP contribution in [0, 0.1) is 13.8 Å². The number of aryl methyl sites for hydroxylation is 2. The van der Waals surface area contributed by atoms with Crippen LogP contribution in [0.15, 0.2) is 79.0 Å². The smallest absolute Gasteiger partial charge is 0.224 e. The molecule has 6 heteroatoms. The first-order valence-corrected chi connectivity index (χ1v) is 13.8. The van der Waals surface area contributed by atoms with E-state index < -0.39 is 6.10 Å². The summed E-state index contributed by atoms with van der Waals surface area (Å²) in [6.07, 6.45) is 4.12. The molecule has 0 bridgehead atoms. The molecule has 3 N–H and O–H groups in total. The minimum atomic E-state index is -0.641. The molecule has 5 rings (SSSR count). The third-order valence-corrected chi connectivity index (χ3v) is 7.63. The molecule has 202 valence electrons. The van der Waals surface area contributed by atoms with Gasteiger partial charge in [0.2, 0.25) is 5.91 Å². The SMILES string of the molecule is Cc1ccc(C)n1-c1ccc([C@H](O)CN[C@H](C)Cc2cccc(CC(=O)NC3Cc4ccccc4C3)c2)cn1. The first-order chi connectivity index (χ1) is 18.9. The van der Waals surface area contributed by atoms with Crippen molar-refractivity contribution in [3.63, 3.8) is 0 Å². The number of amides is 1. The normalized spacial score (nSPS) is 14.7. The second-order valence-electron chi connectivity index (χ2n) is 10.9. The molecule has 4 aromatic rings. The third-order valence-electron chi connectivity index (χ3n) is 7.63. The molecule has 0 saturated heterocycles. The number of nitrogens with one attached hydrogen (secondary N) is 2. The van der Waals surface area contributed by atoms with Crippen LogP contribution in [0.1, 0.15) is 52.2 Å². The van der Waals surface area contributed by atoms with Crippen molar-refractivity contribution < 1.29 is 9.90 Å². The van der Waals surface area contributed by atoms with E-state index in [9.17, 15) is 9.90 Å². The monoisotopic (exact) mass is 522 g/mol. The summed E-state index contributed by atoms with van der Waals surface area (Å²) in [5.41, 5.74) is 7.93. The lowest BCUT2D eigenvalue weighted by Crippen LogP contribution is -2.36. The van der Waals surface area contributed by atoms with Crippen molar-refractivity contribution in [2.24, 2.45) is 0 Å². The molecule has 2 aromatic heterocycles. The summed E-state index contributed by atoms with van der Waals surface area (Å²) in [5, 5.41) is 17.4. The van der Waals surface area contributed by atoms with Crippen molar-refractivity contribution in [3.05, 3.63) is 118 Å². The van der Waals surface area contributed by atoms with Crippen LogP contribution < -0.4 is 10.6 Å². The van der Waals surface area contributed by atoms with Gasteiger partial charge in [0.15, 0.2) is 0 Å². The Morgan fingerprint density at radius 3 is 2.33 bits per heavy atom. The Morgan fingerprint density at radius 2 is 1.67 bits per heavy atom. The van der Waals surface area contributed by atoms with Crippen LogP contribution in [0.25, 0.3) is 5.82 Å². The zero-order valence-corrected chi connectivity index (χ0v) is 23.0. The van der Waals surface area contributed by atoms with Gasteiger partial charge in [0, 0.05) is 41.8 Å². The van der Waals surface area contributed by atoms with Gasteiger partial charge < -0.3 is 20.3 Å². The molecule has 0 unspecified atom stereocenters.